The zero-order valence-corrected chi connectivity index (χ0v) is 32.3. The molecule has 2 heterocycles. The summed E-state index contributed by atoms with van der Waals surface area (Å²) in [4.78, 5) is 40.8. The van der Waals surface area contributed by atoms with Crippen LogP contribution in [0.3, 0.4) is 0 Å². The van der Waals surface area contributed by atoms with E-state index < -0.39 is 29.3 Å². The number of aryl methyl sites for hydroxylation is 1. The Bertz CT molecular complexity index is 2100. The molecule has 5 rings (SSSR count). The van der Waals surface area contributed by atoms with E-state index in [0.717, 1.165) is 27.9 Å². The molecule has 1 unspecified atom stereocenters. The molecule has 2 aromatic heterocycles. The first-order chi connectivity index (χ1) is 27.7. The van der Waals surface area contributed by atoms with Gasteiger partial charge in [-0.1, -0.05) is 79.7 Å². The average Bonchev–Trinajstić information content (AvgIpc) is 3.83. The van der Waals surface area contributed by atoms with E-state index in [1.54, 1.807) is 49.6 Å². The summed E-state index contributed by atoms with van der Waals surface area (Å²) in [5.41, 5.74) is 3.35. The molecule has 0 fully saturated rings. The van der Waals surface area contributed by atoms with Gasteiger partial charge >= 0.3 is 12.1 Å². The van der Waals surface area contributed by atoms with E-state index in [2.05, 4.69) is 30.1 Å². The second-order valence-electron chi connectivity index (χ2n) is 13.5. The number of hydrogen-bond acceptors (Lipinski definition) is 18. The molecule has 3 aromatic carbocycles. The van der Waals surface area contributed by atoms with Gasteiger partial charge in [0.25, 0.3) is 0 Å². The Labute approximate surface area is 332 Å². The molecule has 0 aliphatic heterocycles. The van der Waals surface area contributed by atoms with Gasteiger partial charge in [-0.15, -0.1) is 15.0 Å². The number of carbonyl (C=O) groups is 2. The van der Waals surface area contributed by atoms with Gasteiger partial charge in [0.05, 0.1) is 30.6 Å². The fourth-order valence-corrected chi connectivity index (χ4v) is 5.77. The van der Waals surface area contributed by atoms with Crippen LogP contribution in [0.5, 0.6) is 0 Å². The summed E-state index contributed by atoms with van der Waals surface area (Å²) in [6, 6.07) is 21.9. The third-order valence-corrected chi connectivity index (χ3v) is 8.54. The zero-order chi connectivity index (χ0) is 41.8. The highest BCUT2D eigenvalue weighted by atomic mass is 17.1. The standard InChI is InChI=1S/C38H46N8O12/c1-5-9-32-39-34(38(3,4)49)33(36(47)54-20-8-21-56-45(50)51)43(32)22-26-16-18-29(19-17-26)30-10-6-7-11-31(30)35-40-42-44(41-35)25(2)58-37(48)55-23-27-12-14-28(15-13-27)24-57-46(52)53/h6-7,10-19,25,49-53H,5,8-9,20-24H2,1-4H3. The highest BCUT2D eigenvalue weighted by molar-refractivity contribution is 5.89. The molecule has 0 aliphatic carbocycles. The van der Waals surface area contributed by atoms with Crippen molar-refractivity contribution in [3.63, 3.8) is 0 Å². The molecular formula is C38H46N8O12. The Kier molecular flexibility index (Phi) is 15.1. The quantitative estimate of drug-likeness (QED) is 0.0376. The van der Waals surface area contributed by atoms with Gasteiger partial charge in [-0.05, 0) is 60.2 Å². The molecule has 0 saturated carbocycles. The minimum absolute atomic E-state index is 0.0710. The van der Waals surface area contributed by atoms with Crippen molar-refractivity contribution in [2.45, 2.75) is 78.5 Å². The summed E-state index contributed by atoms with van der Waals surface area (Å²) in [6.07, 6.45) is -0.433. The van der Waals surface area contributed by atoms with Crippen molar-refractivity contribution < 1.29 is 59.4 Å². The van der Waals surface area contributed by atoms with E-state index in [4.69, 9.17) is 35.0 Å². The summed E-state index contributed by atoms with van der Waals surface area (Å²) < 4.78 is 17.8. The maximum absolute atomic E-state index is 13.5. The highest BCUT2D eigenvalue weighted by Crippen LogP contribution is 2.31. The van der Waals surface area contributed by atoms with Crippen LogP contribution in [0.25, 0.3) is 22.5 Å². The molecule has 5 aromatic rings. The van der Waals surface area contributed by atoms with E-state index >= 15 is 0 Å². The third-order valence-electron chi connectivity index (χ3n) is 8.54. The summed E-state index contributed by atoms with van der Waals surface area (Å²) >= 11 is 0. The van der Waals surface area contributed by atoms with Crippen LogP contribution in [0.15, 0.2) is 72.8 Å². The van der Waals surface area contributed by atoms with Gasteiger partial charge in [-0.2, -0.15) is 0 Å². The van der Waals surface area contributed by atoms with Crippen LogP contribution in [0, 0.1) is 0 Å². The second kappa shape index (κ2) is 20.1. The van der Waals surface area contributed by atoms with E-state index in [1.165, 1.54) is 0 Å². The van der Waals surface area contributed by atoms with Gasteiger partial charge in [-0.25, -0.2) is 19.4 Å². The van der Waals surface area contributed by atoms with Crippen LogP contribution in [0.2, 0.25) is 0 Å². The number of aliphatic hydroxyl groups is 1. The Morgan fingerprint density at radius 3 is 2.10 bits per heavy atom. The average molecular weight is 807 g/mol. The number of aromatic nitrogens is 6. The molecular weight excluding hydrogens is 760 g/mol. The molecule has 20 heteroatoms. The minimum atomic E-state index is -1.45. The SMILES string of the molecule is CCCc1nc(C(C)(C)O)c(C(=O)OCCCON(O)O)n1Cc1ccc(-c2ccccc2-c2nnn(C(C)OC(=O)OCc3ccc(CON(O)O)cc3)n2)cc1. The number of carbonyl (C=O) groups excluding carboxylic acids is 2. The lowest BCUT2D eigenvalue weighted by atomic mass is 9.98. The van der Waals surface area contributed by atoms with Gasteiger partial charge < -0.3 is 23.9 Å². The molecule has 0 radical (unpaired) electrons. The predicted molar refractivity (Wildman–Crippen MR) is 198 cm³/mol. The van der Waals surface area contributed by atoms with E-state index in [-0.39, 0.29) is 56.2 Å². The molecule has 0 saturated heterocycles. The fourth-order valence-electron chi connectivity index (χ4n) is 5.77. The van der Waals surface area contributed by atoms with Gasteiger partial charge in [-0.3, -0.25) is 25.7 Å². The molecule has 0 bridgehead atoms. The smallest absolute Gasteiger partial charge is 0.461 e. The molecule has 0 amide bonds. The third kappa shape index (κ3) is 11.9. The van der Waals surface area contributed by atoms with Crippen molar-refractivity contribution in [1.82, 2.24) is 40.5 Å². The number of rotatable bonds is 20. The Morgan fingerprint density at radius 1 is 0.828 bits per heavy atom. The first kappa shape index (κ1) is 43.4. The van der Waals surface area contributed by atoms with Gasteiger partial charge in [0, 0.05) is 24.9 Å². The number of esters is 1. The van der Waals surface area contributed by atoms with Crippen molar-refractivity contribution in [2.75, 3.05) is 13.2 Å². The number of tetrazole rings is 1. The van der Waals surface area contributed by atoms with Gasteiger partial charge in [0.1, 0.15) is 23.7 Å². The topological polar surface area (TPSA) is 249 Å². The van der Waals surface area contributed by atoms with Crippen molar-refractivity contribution in [2.24, 2.45) is 0 Å². The Morgan fingerprint density at radius 2 is 1.47 bits per heavy atom. The van der Waals surface area contributed by atoms with Gasteiger partial charge in [0.15, 0.2) is 5.69 Å². The highest BCUT2D eigenvalue weighted by Gasteiger charge is 2.32. The molecule has 20 nitrogen and oxygen atoms in total. The molecule has 0 aliphatic rings. The fraction of sp³-hybridized carbons (Fsp3) is 0.368. The maximum Gasteiger partial charge on any atom is 0.510 e. The van der Waals surface area contributed by atoms with Crippen LogP contribution in [0.4, 0.5) is 4.79 Å². The number of ether oxygens (including phenoxy) is 3. The number of benzene rings is 3. The van der Waals surface area contributed by atoms with Crippen molar-refractivity contribution in [3.8, 4) is 22.5 Å². The molecule has 310 valence electrons. The van der Waals surface area contributed by atoms with Crippen LogP contribution in [0.1, 0.15) is 85.5 Å². The van der Waals surface area contributed by atoms with E-state index in [0.29, 0.717) is 34.8 Å². The summed E-state index contributed by atoms with van der Waals surface area (Å²) in [5.74, 6) is 0.216. The summed E-state index contributed by atoms with van der Waals surface area (Å²) in [5, 5.41) is 57.8. The summed E-state index contributed by atoms with van der Waals surface area (Å²) in [7, 11) is 0. The molecule has 5 N–H and O–H groups in total. The first-order valence-corrected chi connectivity index (χ1v) is 18.2. The monoisotopic (exact) mass is 806 g/mol. The number of imidazole rings is 1. The molecule has 0 spiro atoms. The van der Waals surface area contributed by atoms with Crippen molar-refractivity contribution in [3.05, 3.63) is 107 Å². The number of nitrogens with zero attached hydrogens (tertiary/aromatic N) is 8. The largest absolute Gasteiger partial charge is 0.510 e. The minimum Gasteiger partial charge on any atom is -0.461 e. The maximum atomic E-state index is 13.5. The van der Waals surface area contributed by atoms with Crippen LogP contribution in [-0.4, -0.2) is 91.8 Å². The van der Waals surface area contributed by atoms with E-state index in [9.17, 15) is 14.7 Å². The molecule has 58 heavy (non-hydrogen) atoms. The Balaban J connectivity index is 1.27. The normalized spacial score (nSPS) is 12.3. The lowest BCUT2D eigenvalue weighted by Gasteiger charge is -2.18. The summed E-state index contributed by atoms with van der Waals surface area (Å²) in [6.45, 7) is 6.59. The van der Waals surface area contributed by atoms with Crippen molar-refractivity contribution >= 4 is 12.1 Å². The number of hydrogen-bond donors (Lipinski definition) is 5. The van der Waals surface area contributed by atoms with Gasteiger partial charge in [0.2, 0.25) is 12.1 Å². The van der Waals surface area contributed by atoms with E-state index in [1.807, 2.05) is 55.5 Å². The Hall–Kier alpha value is -5.68. The zero-order valence-electron chi connectivity index (χ0n) is 32.3. The lowest BCUT2D eigenvalue weighted by Crippen LogP contribution is -2.24. The van der Waals surface area contributed by atoms with Crippen molar-refractivity contribution in [1.29, 1.82) is 0 Å². The van der Waals surface area contributed by atoms with Crippen LogP contribution >= 0.6 is 0 Å². The first-order valence-electron chi connectivity index (χ1n) is 18.2. The predicted octanol–water partition coefficient (Wildman–Crippen LogP) is 5.37. The molecule has 1 atom stereocenters. The van der Waals surface area contributed by atoms with Crippen LogP contribution < -0.4 is 0 Å². The lowest BCUT2D eigenvalue weighted by molar-refractivity contribution is -0.497. The second-order valence-corrected chi connectivity index (χ2v) is 13.5. The van der Waals surface area contributed by atoms with Crippen LogP contribution in [-0.2, 0) is 55.7 Å².